The highest BCUT2D eigenvalue weighted by Crippen LogP contribution is 2.27. The molecule has 5 nitrogen and oxygen atoms in total. The van der Waals surface area contributed by atoms with Crippen LogP contribution in [0.25, 0.3) is 10.8 Å². The molecule has 0 bridgehead atoms. The van der Waals surface area contributed by atoms with E-state index >= 15 is 0 Å². The number of nitrogen functional groups attached to an aromatic ring is 1. The number of nitrogens with zero attached hydrogens (tertiary/aromatic N) is 2. The first-order valence-electron chi connectivity index (χ1n) is 7.34. The molecule has 3 N–H and O–H groups in total. The number of hydrogen-bond donors (Lipinski definition) is 2. The fourth-order valence-electron chi connectivity index (χ4n) is 3.13. The molecule has 0 saturated heterocycles. The van der Waals surface area contributed by atoms with Crippen molar-refractivity contribution in [1.82, 2.24) is 9.88 Å². The molecule has 1 fully saturated rings. The third kappa shape index (κ3) is 2.45. The molecule has 0 radical (unpaired) electrons. The van der Waals surface area contributed by atoms with Crippen molar-refractivity contribution in [2.45, 2.75) is 31.7 Å². The summed E-state index contributed by atoms with van der Waals surface area (Å²) in [5.41, 5.74) is 3.22. The number of amides is 1. The standard InChI is InChI=1S/C16H20N4O/c1-20(11-6-2-3-7-11)16(21)14-10-18-15(19-17)13-9-5-4-8-12(13)14/h4-5,8-11H,2-3,6-7,17H2,1H3,(H,18,19). The van der Waals surface area contributed by atoms with Crippen molar-refractivity contribution in [3.63, 3.8) is 0 Å². The van der Waals surface area contributed by atoms with Crippen LogP contribution in [0.1, 0.15) is 36.0 Å². The minimum Gasteiger partial charge on any atom is -0.339 e. The van der Waals surface area contributed by atoms with Gasteiger partial charge < -0.3 is 10.3 Å². The van der Waals surface area contributed by atoms with Crippen molar-refractivity contribution < 1.29 is 4.79 Å². The third-order valence-corrected chi connectivity index (χ3v) is 4.35. The molecule has 1 saturated carbocycles. The number of benzene rings is 1. The molecule has 1 aliphatic rings. The Hall–Kier alpha value is -2.14. The Kier molecular flexibility index (Phi) is 3.75. The highest BCUT2D eigenvalue weighted by molar-refractivity contribution is 6.09. The summed E-state index contributed by atoms with van der Waals surface area (Å²) in [5.74, 6) is 6.12. The number of carbonyl (C=O) groups excluding carboxylic acids is 1. The van der Waals surface area contributed by atoms with E-state index in [1.807, 2.05) is 36.2 Å². The van der Waals surface area contributed by atoms with Gasteiger partial charge in [0.15, 0.2) is 0 Å². The summed E-state index contributed by atoms with van der Waals surface area (Å²) in [4.78, 5) is 18.9. The normalized spacial score (nSPS) is 15.3. The Bertz CT molecular complexity index is 664. The van der Waals surface area contributed by atoms with Crippen molar-refractivity contribution in [2.75, 3.05) is 12.5 Å². The highest BCUT2D eigenvalue weighted by atomic mass is 16.2. The van der Waals surface area contributed by atoms with Crippen LogP contribution in [0.5, 0.6) is 0 Å². The van der Waals surface area contributed by atoms with E-state index < -0.39 is 0 Å². The van der Waals surface area contributed by atoms with Gasteiger partial charge in [-0.2, -0.15) is 0 Å². The molecule has 0 aliphatic heterocycles. The van der Waals surface area contributed by atoms with E-state index in [0.29, 0.717) is 17.4 Å². The Balaban J connectivity index is 2.02. The summed E-state index contributed by atoms with van der Waals surface area (Å²) in [7, 11) is 1.89. The summed E-state index contributed by atoms with van der Waals surface area (Å²) in [6.07, 6.45) is 6.21. The van der Waals surface area contributed by atoms with Crippen LogP contribution >= 0.6 is 0 Å². The van der Waals surface area contributed by atoms with Crippen LogP contribution in [0.15, 0.2) is 30.5 Å². The van der Waals surface area contributed by atoms with E-state index in [-0.39, 0.29) is 5.91 Å². The van der Waals surface area contributed by atoms with Gasteiger partial charge in [-0.25, -0.2) is 10.8 Å². The Morgan fingerprint density at radius 3 is 2.62 bits per heavy atom. The molecular formula is C16H20N4O. The SMILES string of the molecule is CN(C(=O)c1cnc(NN)c2ccccc12)C1CCCC1. The van der Waals surface area contributed by atoms with Crippen LogP contribution in [-0.4, -0.2) is 28.9 Å². The zero-order chi connectivity index (χ0) is 14.8. The van der Waals surface area contributed by atoms with Crippen molar-refractivity contribution in [3.05, 3.63) is 36.0 Å². The number of anilines is 1. The van der Waals surface area contributed by atoms with Gasteiger partial charge in [0.25, 0.3) is 5.91 Å². The predicted octanol–water partition coefficient (Wildman–Crippen LogP) is 2.54. The summed E-state index contributed by atoms with van der Waals surface area (Å²) in [5, 5.41) is 1.75. The number of hydrogen-bond acceptors (Lipinski definition) is 4. The predicted molar refractivity (Wildman–Crippen MR) is 83.9 cm³/mol. The highest BCUT2D eigenvalue weighted by Gasteiger charge is 2.25. The lowest BCUT2D eigenvalue weighted by Crippen LogP contribution is -2.35. The van der Waals surface area contributed by atoms with Crippen molar-refractivity contribution in [1.29, 1.82) is 0 Å². The van der Waals surface area contributed by atoms with Crippen molar-refractivity contribution in [3.8, 4) is 0 Å². The molecule has 1 aromatic heterocycles. The van der Waals surface area contributed by atoms with Crippen LogP contribution < -0.4 is 11.3 Å². The molecule has 110 valence electrons. The van der Waals surface area contributed by atoms with E-state index in [1.165, 1.54) is 12.8 Å². The van der Waals surface area contributed by atoms with E-state index in [1.54, 1.807) is 6.20 Å². The summed E-state index contributed by atoms with van der Waals surface area (Å²) < 4.78 is 0. The van der Waals surface area contributed by atoms with Gasteiger partial charge in [-0.3, -0.25) is 4.79 Å². The van der Waals surface area contributed by atoms with Crippen molar-refractivity contribution >= 4 is 22.5 Å². The monoisotopic (exact) mass is 284 g/mol. The second-order valence-electron chi connectivity index (χ2n) is 5.56. The van der Waals surface area contributed by atoms with Gasteiger partial charge >= 0.3 is 0 Å². The first-order valence-corrected chi connectivity index (χ1v) is 7.34. The zero-order valence-corrected chi connectivity index (χ0v) is 12.2. The molecule has 1 aromatic carbocycles. The molecule has 3 rings (SSSR count). The van der Waals surface area contributed by atoms with Crippen molar-refractivity contribution in [2.24, 2.45) is 5.84 Å². The first-order chi connectivity index (χ1) is 10.2. The Morgan fingerprint density at radius 2 is 1.95 bits per heavy atom. The van der Waals surface area contributed by atoms with Gasteiger partial charge in [0.05, 0.1) is 5.56 Å². The van der Waals surface area contributed by atoms with Crippen LogP contribution in [0.3, 0.4) is 0 Å². The number of fused-ring (bicyclic) bond motifs is 1. The van der Waals surface area contributed by atoms with Gasteiger partial charge in [-0.15, -0.1) is 0 Å². The van der Waals surface area contributed by atoms with Gasteiger partial charge in [0.1, 0.15) is 5.82 Å². The van der Waals surface area contributed by atoms with Gasteiger partial charge in [-0.1, -0.05) is 37.1 Å². The van der Waals surface area contributed by atoms with Gasteiger partial charge in [0, 0.05) is 24.7 Å². The molecule has 5 heteroatoms. The van der Waals surface area contributed by atoms with E-state index in [9.17, 15) is 4.79 Å². The Morgan fingerprint density at radius 1 is 1.29 bits per heavy atom. The maximum absolute atomic E-state index is 12.8. The first kappa shape index (κ1) is 13.8. The molecule has 1 aliphatic carbocycles. The second kappa shape index (κ2) is 5.69. The smallest absolute Gasteiger partial charge is 0.256 e. The molecule has 21 heavy (non-hydrogen) atoms. The summed E-state index contributed by atoms with van der Waals surface area (Å²) >= 11 is 0. The number of hydrazine groups is 1. The zero-order valence-electron chi connectivity index (χ0n) is 12.2. The van der Waals surface area contributed by atoms with Gasteiger partial charge in [-0.05, 0) is 18.2 Å². The lowest BCUT2D eigenvalue weighted by Gasteiger charge is -2.25. The van der Waals surface area contributed by atoms with Crippen LogP contribution in [0, 0.1) is 0 Å². The molecule has 0 spiro atoms. The summed E-state index contributed by atoms with van der Waals surface area (Å²) in [6, 6.07) is 8.05. The number of nitrogens with two attached hydrogens (primary N) is 1. The largest absolute Gasteiger partial charge is 0.339 e. The molecule has 0 unspecified atom stereocenters. The van der Waals surface area contributed by atoms with Crippen LogP contribution in [0.4, 0.5) is 5.82 Å². The topological polar surface area (TPSA) is 71.2 Å². The average Bonchev–Trinajstić information content (AvgIpc) is 3.07. The van der Waals surface area contributed by atoms with Gasteiger partial charge in [0.2, 0.25) is 0 Å². The van der Waals surface area contributed by atoms with Crippen LogP contribution in [0.2, 0.25) is 0 Å². The molecule has 1 amide bonds. The lowest BCUT2D eigenvalue weighted by molar-refractivity contribution is 0.0737. The third-order valence-electron chi connectivity index (χ3n) is 4.35. The minimum absolute atomic E-state index is 0.0363. The lowest BCUT2D eigenvalue weighted by atomic mass is 10.1. The van der Waals surface area contributed by atoms with E-state index in [0.717, 1.165) is 23.6 Å². The molecule has 1 heterocycles. The minimum atomic E-state index is 0.0363. The van der Waals surface area contributed by atoms with Crippen LogP contribution in [-0.2, 0) is 0 Å². The fraction of sp³-hybridized carbons (Fsp3) is 0.375. The quantitative estimate of drug-likeness (QED) is 0.671. The average molecular weight is 284 g/mol. The number of aromatic nitrogens is 1. The number of nitrogens with one attached hydrogen (secondary N) is 1. The molecule has 2 aromatic rings. The number of carbonyl (C=O) groups is 1. The fourth-order valence-corrected chi connectivity index (χ4v) is 3.13. The Labute approximate surface area is 124 Å². The molecular weight excluding hydrogens is 264 g/mol. The maximum Gasteiger partial charge on any atom is 0.256 e. The number of pyridine rings is 1. The molecule has 0 atom stereocenters. The van der Waals surface area contributed by atoms with E-state index in [2.05, 4.69) is 10.4 Å². The summed E-state index contributed by atoms with van der Waals surface area (Å²) in [6.45, 7) is 0. The number of rotatable bonds is 3. The van der Waals surface area contributed by atoms with E-state index in [4.69, 9.17) is 5.84 Å². The second-order valence-corrected chi connectivity index (χ2v) is 5.56. The maximum atomic E-state index is 12.8.